The molecule has 1 saturated carbocycles. The summed E-state index contributed by atoms with van der Waals surface area (Å²) in [6.45, 7) is 0.587. The number of benzene rings is 2. The summed E-state index contributed by atoms with van der Waals surface area (Å²) < 4.78 is 0. The van der Waals surface area contributed by atoms with Crippen molar-refractivity contribution in [2.45, 2.75) is 62.3 Å². The Kier molecular flexibility index (Phi) is 9.29. The van der Waals surface area contributed by atoms with Gasteiger partial charge >= 0.3 is 0 Å². The molecule has 5 heteroatoms. The van der Waals surface area contributed by atoms with Crippen LogP contribution < -0.4 is 10.6 Å². The van der Waals surface area contributed by atoms with Crippen molar-refractivity contribution in [3.8, 4) is 0 Å². The van der Waals surface area contributed by atoms with Crippen LogP contribution in [-0.4, -0.2) is 30.2 Å². The number of carbonyl (C=O) groups excluding carboxylic acids is 2. The van der Waals surface area contributed by atoms with Crippen molar-refractivity contribution in [1.82, 2.24) is 10.6 Å². The predicted molar refractivity (Wildman–Crippen MR) is 124 cm³/mol. The monoisotopic (exact) mass is 424 g/mol. The fourth-order valence-corrected chi connectivity index (χ4v) is 4.71. The summed E-state index contributed by atoms with van der Waals surface area (Å²) in [4.78, 5) is 26.0. The van der Waals surface area contributed by atoms with Gasteiger partial charge in [0.25, 0.3) is 5.91 Å². The van der Waals surface area contributed by atoms with Crippen LogP contribution in [0, 0.1) is 0 Å². The van der Waals surface area contributed by atoms with Crippen LogP contribution in [0.3, 0.4) is 0 Å². The van der Waals surface area contributed by atoms with E-state index in [-0.39, 0.29) is 11.8 Å². The molecule has 3 rings (SSSR count). The van der Waals surface area contributed by atoms with Gasteiger partial charge in [-0.3, -0.25) is 9.59 Å². The van der Waals surface area contributed by atoms with E-state index in [1.165, 1.54) is 49.4 Å². The van der Waals surface area contributed by atoms with Crippen molar-refractivity contribution in [3.63, 3.8) is 0 Å². The third-order valence-electron chi connectivity index (χ3n) is 5.50. The van der Waals surface area contributed by atoms with Crippen LogP contribution in [0.2, 0.25) is 0 Å². The zero-order chi connectivity index (χ0) is 21.0. The van der Waals surface area contributed by atoms with Crippen LogP contribution in [0.25, 0.3) is 0 Å². The molecule has 0 aromatic heterocycles. The number of carbonyl (C=O) groups is 2. The molecule has 1 fully saturated rings. The third kappa shape index (κ3) is 7.52. The van der Waals surface area contributed by atoms with Crippen molar-refractivity contribution in [2.24, 2.45) is 0 Å². The minimum atomic E-state index is -0.0885. The zero-order valence-corrected chi connectivity index (χ0v) is 18.4. The quantitative estimate of drug-likeness (QED) is 0.588. The Hall–Kier alpha value is -2.27. The van der Waals surface area contributed by atoms with Crippen molar-refractivity contribution >= 4 is 23.6 Å². The van der Waals surface area contributed by atoms with Crippen LogP contribution >= 0.6 is 11.8 Å². The number of rotatable bonds is 8. The van der Waals surface area contributed by atoms with Gasteiger partial charge in [0, 0.05) is 17.5 Å². The predicted octanol–water partition coefficient (Wildman–Crippen LogP) is 4.98. The molecule has 4 nitrogen and oxygen atoms in total. The molecular weight excluding hydrogens is 392 g/mol. The second kappa shape index (κ2) is 12.4. The Balaban J connectivity index is 1.47. The molecule has 0 heterocycles. The molecule has 0 radical (unpaired) electrons. The van der Waals surface area contributed by atoms with Gasteiger partial charge in [0.2, 0.25) is 5.91 Å². The fraction of sp³-hybridized carbons (Fsp3) is 0.440. The fourth-order valence-electron chi connectivity index (χ4n) is 3.85. The van der Waals surface area contributed by atoms with Gasteiger partial charge in [-0.15, -0.1) is 11.8 Å². The molecule has 2 aromatic rings. The zero-order valence-electron chi connectivity index (χ0n) is 17.6. The van der Waals surface area contributed by atoms with Crippen LogP contribution in [0.1, 0.15) is 60.9 Å². The third-order valence-corrected chi connectivity index (χ3v) is 6.58. The SMILES string of the molecule is O=C(CSc1ccccc1C(=O)NCCc1ccccc1)NC1CCCCCCC1. The molecule has 0 saturated heterocycles. The first-order valence-corrected chi connectivity index (χ1v) is 12.0. The van der Waals surface area contributed by atoms with Crippen molar-refractivity contribution < 1.29 is 9.59 Å². The molecule has 1 aliphatic rings. The lowest BCUT2D eigenvalue weighted by molar-refractivity contribution is -0.119. The maximum absolute atomic E-state index is 12.7. The minimum Gasteiger partial charge on any atom is -0.353 e. The largest absolute Gasteiger partial charge is 0.353 e. The summed E-state index contributed by atoms with van der Waals surface area (Å²) in [5.74, 6) is 0.310. The summed E-state index contributed by atoms with van der Waals surface area (Å²) in [6, 6.07) is 17.9. The number of thioether (sulfide) groups is 1. The number of hydrogen-bond acceptors (Lipinski definition) is 3. The van der Waals surface area contributed by atoms with E-state index >= 15 is 0 Å². The van der Waals surface area contributed by atoms with Gasteiger partial charge in [-0.2, -0.15) is 0 Å². The lowest BCUT2D eigenvalue weighted by atomic mass is 9.97. The van der Waals surface area contributed by atoms with Crippen molar-refractivity contribution in [1.29, 1.82) is 0 Å². The van der Waals surface area contributed by atoms with Gasteiger partial charge in [-0.25, -0.2) is 0 Å². The number of amides is 2. The lowest BCUT2D eigenvalue weighted by Gasteiger charge is -2.21. The van der Waals surface area contributed by atoms with E-state index in [0.717, 1.165) is 24.2 Å². The second-order valence-electron chi connectivity index (χ2n) is 7.89. The average Bonchev–Trinajstić information content (AvgIpc) is 2.75. The molecule has 2 amide bonds. The van der Waals surface area contributed by atoms with Gasteiger partial charge in [0.15, 0.2) is 0 Å². The van der Waals surface area contributed by atoms with E-state index in [0.29, 0.717) is 23.9 Å². The highest BCUT2D eigenvalue weighted by Gasteiger charge is 2.16. The van der Waals surface area contributed by atoms with Crippen LogP contribution in [-0.2, 0) is 11.2 Å². The van der Waals surface area contributed by atoms with Crippen LogP contribution in [0.5, 0.6) is 0 Å². The highest BCUT2D eigenvalue weighted by molar-refractivity contribution is 8.00. The Labute approximate surface area is 184 Å². The van der Waals surface area contributed by atoms with E-state index in [1.54, 1.807) is 0 Å². The van der Waals surface area contributed by atoms with Gasteiger partial charge in [-0.05, 0) is 37.0 Å². The van der Waals surface area contributed by atoms with Crippen LogP contribution in [0.15, 0.2) is 59.5 Å². The molecule has 0 spiro atoms. The summed E-state index contributed by atoms with van der Waals surface area (Å²) in [5.41, 5.74) is 1.83. The normalized spacial score (nSPS) is 15.1. The van der Waals surface area contributed by atoms with Gasteiger partial charge in [-0.1, -0.05) is 74.6 Å². The Morgan fingerprint density at radius 2 is 1.53 bits per heavy atom. The molecule has 0 bridgehead atoms. The van der Waals surface area contributed by atoms with Crippen LogP contribution in [0.4, 0.5) is 0 Å². The first kappa shape index (κ1) is 22.4. The second-order valence-corrected chi connectivity index (χ2v) is 8.90. The Morgan fingerprint density at radius 3 is 2.30 bits per heavy atom. The highest BCUT2D eigenvalue weighted by atomic mass is 32.2. The lowest BCUT2D eigenvalue weighted by Crippen LogP contribution is -2.36. The molecule has 160 valence electrons. The molecule has 2 aromatic carbocycles. The van der Waals surface area contributed by atoms with E-state index in [1.807, 2.05) is 42.5 Å². The summed E-state index contributed by atoms with van der Waals surface area (Å²) in [6.07, 6.45) is 9.22. The van der Waals surface area contributed by atoms with Gasteiger partial charge in [0.05, 0.1) is 11.3 Å². The van der Waals surface area contributed by atoms with E-state index in [2.05, 4.69) is 22.8 Å². The first-order chi connectivity index (χ1) is 14.7. The average molecular weight is 425 g/mol. The first-order valence-electron chi connectivity index (χ1n) is 11.1. The molecule has 0 unspecified atom stereocenters. The number of nitrogens with one attached hydrogen (secondary N) is 2. The van der Waals surface area contributed by atoms with Crippen molar-refractivity contribution in [2.75, 3.05) is 12.3 Å². The minimum absolute atomic E-state index is 0.0601. The maximum atomic E-state index is 12.7. The summed E-state index contributed by atoms with van der Waals surface area (Å²) >= 11 is 1.44. The van der Waals surface area contributed by atoms with Crippen molar-refractivity contribution in [3.05, 3.63) is 65.7 Å². The van der Waals surface area contributed by atoms with E-state index in [4.69, 9.17) is 0 Å². The molecule has 2 N–H and O–H groups in total. The van der Waals surface area contributed by atoms with Gasteiger partial charge in [0.1, 0.15) is 0 Å². The summed E-state index contributed by atoms with van der Waals surface area (Å²) in [7, 11) is 0. The standard InChI is InChI=1S/C25H32N2O2S/c28-24(27-21-13-7-2-1-3-8-14-21)19-30-23-16-10-9-15-22(23)25(29)26-18-17-20-11-5-4-6-12-20/h4-6,9-12,15-16,21H,1-3,7-8,13-14,17-19H2,(H,26,29)(H,27,28). The Morgan fingerprint density at radius 1 is 0.867 bits per heavy atom. The maximum Gasteiger partial charge on any atom is 0.252 e. The Bertz CT molecular complexity index is 802. The smallest absolute Gasteiger partial charge is 0.252 e. The molecule has 1 aliphatic carbocycles. The van der Waals surface area contributed by atoms with E-state index < -0.39 is 0 Å². The van der Waals surface area contributed by atoms with Gasteiger partial charge < -0.3 is 10.6 Å². The molecule has 0 aliphatic heterocycles. The highest BCUT2D eigenvalue weighted by Crippen LogP contribution is 2.23. The molecule has 0 atom stereocenters. The van der Waals surface area contributed by atoms with E-state index in [9.17, 15) is 9.59 Å². The summed E-state index contributed by atoms with van der Waals surface area (Å²) in [5, 5.41) is 6.20. The topological polar surface area (TPSA) is 58.2 Å². The molecular formula is C25H32N2O2S. The molecule has 30 heavy (non-hydrogen) atoms. The number of hydrogen-bond donors (Lipinski definition) is 2.